The first-order chi connectivity index (χ1) is 8.99. The Balaban J connectivity index is 2.69. The average Bonchev–Trinajstić information content (AvgIpc) is 2.42. The molecule has 5 nitrogen and oxygen atoms in total. The molecule has 1 aliphatic rings. The van der Waals surface area contributed by atoms with Crippen LogP contribution in [0, 0.1) is 0 Å². The van der Waals surface area contributed by atoms with Gasteiger partial charge in [-0.2, -0.15) is 0 Å². The highest BCUT2D eigenvalue weighted by molar-refractivity contribution is 9.12. The summed E-state index contributed by atoms with van der Waals surface area (Å²) in [7, 11) is 2.60. The van der Waals surface area contributed by atoms with Crippen molar-refractivity contribution in [1.82, 2.24) is 0 Å². The molecule has 0 atom stereocenters. The lowest BCUT2D eigenvalue weighted by atomic mass is 9.92. The molecule has 0 radical (unpaired) electrons. The number of ether oxygens (including phenoxy) is 2. The molecule has 0 bridgehead atoms. The zero-order chi connectivity index (χ0) is 14.2. The number of hydrogen-bond acceptors (Lipinski definition) is 5. The Labute approximate surface area is 117 Å². The summed E-state index contributed by atoms with van der Waals surface area (Å²) in [5.74, 6) is -1.12. The maximum absolute atomic E-state index is 12.0. The highest BCUT2D eigenvalue weighted by atomic mass is 79.9. The number of carbonyl (C=O) groups excluding carboxylic acids is 3. The van der Waals surface area contributed by atoms with Crippen LogP contribution in [0.1, 0.15) is 31.1 Å². The van der Waals surface area contributed by atoms with E-state index in [0.717, 1.165) is 0 Å². The number of benzene rings is 1. The van der Waals surface area contributed by atoms with Crippen molar-refractivity contribution in [1.29, 1.82) is 0 Å². The summed E-state index contributed by atoms with van der Waals surface area (Å²) < 4.78 is 9.82. The standard InChI is InChI=1S/C13H9BrO5/c1-18-11-4-6-7(3-8(11)13(17)19-2)12(16)9(14)5-10(6)15/h3-5H,1-2H3. The Bertz CT molecular complexity index is 630. The molecule has 0 fully saturated rings. The van der Waals surface area contributed by atoms with E-state index >= 15 is 0 Å². The van der Waals surface area contributed by atoms with Gasteiger partial charge in [-0.05, 0) is 28.1 Å². The van der Waals surface area contributed by atoms with E-state index in [1.807, 2.05) is 0 Å². The highest BCUT2D eigenvalue weighted by Gasteiger charge is 2.28. The van der Waals surface area contributed by atoms with Gasteiger partial charge in [0.2, 0.25) is 5.78 Å². The molecule has 0 aliphatic heterocycles. The third kappa shape index (κ3) is 2.19. The summed E-state index contributed by atoms with van der Waals surface area (Å²) >= 11 is 3.02. The molecule has 0 heterocycles. The molecule has 0 aromatic heterocycles. The number of methoxy groups -OCH3 is 2. The van der Waals surface area contributed by atoms with Gasteiger partial charge in [0.25, 0.3) is 0 Å². The van der Waals surface area contributed by atoms with E-state index in [0.29, 0.717) is 0 Å². The zero-order valence-electron chi connectivity index (χ0n) is 10.2. The van der Waals surface area contributed by atoms with Crippen molar-refractivity contribution in [2.45, 2.75) is 0 Å². The van der Waals surface area contributed by atoms with Gasteiger partial charge in [-0.3, -0.25) is 9.59 Å². The van der Waals surface area contributed by atoms with Gasteiger partial charge in [0.05, 0.1) is 18.7 Å². The summed E-state index contributed by atoms with van der Waals surface area (Å²) in [6.45, 7) is 0. The lowest BCUT2D eigenvalue weighted by molar-refractivity contribution is 0.0596. The van der Waals surface area contributed by atoms with Crippen molar-refractivity contribution in [3.8, 4) is 5.75 Å². The second-order valence-electron chi connectivity index (χ2n) is 3.78. The molecule has 0 saturated carbocycles. The number of allylic oxidation sites excluding steroid dienone is 2. The van der Waals surface area contributed by atoms with Crippen molar-refractivity contribution in [2.75, 3.05) is 14.2 Å². The maximum Gasteiger partial charge on any atom is 0.341 e. The maximum atomic E-state index is 12.0. The van der Waals surface area contributed by atoms with Gasteiger partial charge in [0.15, 0.2) is 5.78 Å². The van der Waals surface area contributed by atoms with Crippen LogP contribution in [0.4, 0.5) is 0 Å². The molecular formula is C13H9BrO5. The number of hydrogen-bond donors (Lipinski definition) is 0. The zero-order valence-corrected chi connectivity index (χ0v) is 11.7. The Morgan fingerprint density at radius 3 is 2.42 bits per heavy atom. The van der Waals surface area contributed by atoms with Crippen molar-refractivity contribution in [2.24, 2.45) is 0 Å². The average molecular weight is 325 g/mol. The summed E-state index contributed by atoms with van der Waals surface area (Å²) in [5, 5.41) is 0. The molecule has 2 rings (SSSR count). The number of halogens is 1. The van der Waals surface area contributed by atoms with Crippen LogP contribution in [-0.4, -0.2) is 31.8 Å². The van der Waals surface area contributed by atoms with Crippen LogP contribution >= 0.6 is 15.9 Å². The van der Waals surface area contributed by atoms with E-state index in [2.05, 4.69) is 20.7 Å². The van der Waals surface area contributed by atoms with Gasteiger partial charge in [-0.15, -0.1) is 0 Å². The van der Waals surface area contributed by atoms with Crippen molar-refractivity contribution in [3.63, 3.8) is 0 Å². The predicted octanol–water partition coefficient (Wildman–Crippen LogP) is 2.14. The number of fused-ring (bicyclic) bond motifs is 1. The van der Waals surface area contributed by atoms with Gasteiger partial charge < -0.3 is 9.47 Å². The van der Waals surface area contributed by atoms with Crippen LogP contribution in [0.3, 0.4) is 0 Å². The van der Waals surface area contributed by atoms with Gasteiger partial charge in [-0.1, -0.05) is 0 Å². The topological polar surface area (TPSA) is 69.7 Å². The fourth-order valence-corrected chi connectivity index (χ4v) is 2.22. The summed E-state index contributed by atoms with van der Waals surface area (Å²) in [5.41, 5.74) is 0.463. The molecular weight excluding hydrogens is 316 g/mol. The number of rotatable bonds is 2. The first-order valence-corrected chi connectivity index (χ1v) is 6.05. The number of esters is 1. The van der Waals surface area contributed by atoms with E-state index in [-0.39, 0.29) is 38.5 Å². The Hall–Kier alpha value is -1.95. The van der Waals surface area contributed by atoms with E-state index < -0.39 is 5.97 Å². The lowest BCUT2D eigenvalue weighted by Crippen LogP contribution is -2.17. The monoisotopic (exact) mass is 324 g/mol. The summed E-state index contributed by atoms with van der Waals surface area (Å²) in [6, 6.07) is 2.69. The number of Topliss-reactive ketones (excluding diaryl/α,β-unsaturated/α-hetero) is 1. The Morgan fingerprint density at radius 1 is 1.16 bits per heavy atom. The van der Waals surface area contributed by atoms with Crippen molar-refractivity contribution < 1.29 is 23.9 Å². The minimum Gasteiger partial charge on any atom is -0.496 e. The Morgan fingerprint density at radius 2 is 1.84 bits per heavy atom. The van der Waals surface area contributed by atoms with Crippen molar-refractivity contribution in [3.05, 3.63) is 39.4 Å². The lowest BCUT2D eigenvalue weighted by Gasteiger charge is -2.15. The third-order valence-corrected chi connectivity index (χ3v) is 3.32. The highest BCUT2D eigenvalue weighted by Crippen LogP contribution is 2.31. The van der Waals surface area contributed by atoms with Crippen molar-refractivity contribution >= 4 is 33.5 Å². The van der Waals surface area contributed by atoms with Crippen LogP contribution in [-0.2, 0) is 4.74 Å². The SMILES string of the molecule is COC(=O)c1cc2c(cc1OC)C(=O)C=C(Br)C2=O. The molecule has 98 valence electrons. The van der Waals surface area contributed by atoms with E-state index in [1.54, 1.807) is 0 Å². The van der Waals surface area contributed by atoms with Crippen LogP contribution in [0.25, 0.3) is 0 Å². The molecule has 0 N–H and O–H groups in total. The van der Waals surface area contributed by atoms with Gasteiger partial charge in [-0.25, -0.2) is 4.79 Å². The number of ketones is 2. The predicted molar refractivity (Wildman–Crippen MR) is 70.0 cm³/mol. The second-order valence-corrected chi connectivity index (χ2v) is 4.63. The molecule has 0 spiro atoms. The van der Waals surface area contributed by atoms with Gasteiger partial charge >= 0.3 is 5.97 Å². The molecule has 19 heavy (non-hydrogen) atoms. The second kappa shape index (κ2) is 4.97. The van der Waals surface area contributed by atoms with Crippen LogP contribution in [0.5, 0.6) is 5.75 Å². The minimum absolute atomic E-state index is 0.104. The quantitative estimate of drug-likeness (QED) is 0.779. The smallest absolute Gasteiger partial charge is 0.341 e. The first kappa shape index (κ1) is 13.5. The van der Waals surface area contributed by atoms with Gasteiger partial charge in [0, 0.05) is 17.2 Å². The molecule has 1 aliphatic carbocycles. The van der Waals surface area contributed by atoms with E-state index in [9.17, 15) is 14.4 Å². The molecule has 6 heteroatoms. The molecule has 0 amide bonds. The van der Waals surface area contributed by atoms with E-state index in [1.165, 1.54) is 32.4 Å². The Kier molecular flexibility index (Phi) is 3.53. The fraction of sp³-hybridized carbons (Fsp3) is 0.154. The molecule has 0 unspecified atom stereocenters. The molecule has 1 aromatic rings. The molecule has 0 saturated heterocycles. The molecule has 1 aromatic carbocycles. The number of carbonyl (C=O) groups is 3. The largest absolute Gasteiger partial charge is 0.496 e. The fourth-order valence-electron chi connectivity index (χ4n) is 1.80. The van der Waals surface area contributed by atoms with Crippen LogP contribution in [0.2, 0.25) is 0 Å². The third-order valence-electron chi connectivity index (χ3n) is 2.73. The van der Waals surface area contributed by atoms with Crippen LogP contribution < -0.4 is 4.74 Å². The summed E-state index contributed by atoms with van der Waals surface area (Å²) in [4.78, 5) is 35.4. The van der Waals surface area contributed by atoms with Crippen LogP contribution in [0.15, 0.2) is 22.7 Å². The normalized spacial score (nSPS) is 13.7. The first-order valence-electron chi connectivity index (χ1n) is 5.26. The van der Waals surface area contributed by atoms with E-state index in [4.69, 9.17) is 4.74 Å². The summed E-state index contributed by atoms with van der Waals surface area (Å²) in [6.07, 6.45) is 1.20. The van der Waals surface area contributed by atoms with Gasteiger partial charge in [0.1, 0.15) is 11.3 Å². The minimum atomic E-state index is -0.634.